The van der Waals surface area contributed by atoms with Gasteiger partial charge < -0.3 is 24.3 Å². The van der Waals surface area contributed by atoms with E-state index in [1.165, 1.54) is 35.5 Å². The molecule has 1 saturated heterocycles. The van der Waals surface area contributed by atoms with Gasteiger partial charge in [-0.05, 0) is 48.9 Å². The number of morpholine rings is 1. The van der Waals surface area contributed by atoms with Crippen LogP contribution in [0.3, 0.4) is 0 Å². The maximum atomic E-state index is 12.7. The van der Waals surface area contributed by atoms with E-state index in [9.17, 15) is 18.0 Å². The zero-order valence-electron chi connectivity index (χ0n) is 18.0. The van der Waals surface area contributed by atoms with Crippen molar-refractivity contribution in [2.45, 2.75) is 24.5 Å². The lowest BCUT2D eigenvalue weighted by Crippen LogP contribution is -2.40. The van der Waals surface area contributed by atoms with Crippen molar-refractivity contribution in [3.05, 3.63) is 53.6 Å². The molecular formula is C22H24N2O8S. The van der Waals surface area contributed by atoms with Gasteiger partial charge in [0.05, 0.1) is 23.7 Å². The van der Waals surface area contributed by atoms with Crippen LogP contribution >= 0.6 is 0 Å². The van der Waals surface area contributed by atoms with Crippen LogP contribution in [-0.2, 0) is 30.8 Å². The van der Waals surface area contributed by atoms with Gasteiger partial charge in [-0.2, -0.15) is 4.31 Å². The molecule has 4 rings (SSSR count). The summed E-state index contributed by atoms with van der Waals surface area (Å²) in [4.78, 5) is 24.8. The molecule has 0 spiro atoms. The first-order valence-corrected chi connectivity index (χ1v) is 11.8. The van der Waals surface area contributed by atoms with Crippen LogP contribution in [0.5, 0.6) is 11.5 Å². The number of hydrogen-bond acceptors (Lipinski definition) is 8. The van der Waals surface area contributed by atoms with E-state index in [1.807, 2.05) is 0 Å². The molecule has 10 nitrogen and oxygen atoms in total. The number of benzene rings is 2. The van der Waals surface area contributed by atoms with Gasteiger partial charge in [0.25, 0.3) is 5.91 Å². The number of amides is 1. The number of ether oxygens (including phenoxy) is 4. The van der Waals surface area contributed by atoms with Crippen molar-refractivity contribution in [1.29, 1.82) is 0 Å². The average Bonchev–Trinajstić information content (AvgIpc) is 3.31. The molecule has 1 N–H and O–H groups in total. The third-order valence-corrected chi connectivity index (χ3v) is 7.17. The topological polar surface area (TPSA) is 120 Å². The molecule has 2 heterocycles. The van der Waals surface area contributed by atoms with Crippen LogP contribution in [-0.4, -0.2) is 63.8 Å². The molecule has 2 aromatic carbocycles. The molecule has 1 unspecified atom stereocenters. The normalized spacial score (nSPS) is 16.8. The quantitative estimate of drug-likeness (QED) is 0.594. The lowest BCUT2D eigenvalue weighted by molar-refractivity contribution is -0.129. The van der Waals surface area contributed by atoms with Crippen LogP contribution in [0.2, 0.25) is 0 Å². The zero-order chi connectivity index (χ0) is 23.4. The third kappa shape index (κ3) is 5.27. The molecular weight excluding hydrogens is 452 g/mol. The Labute approximate surface area is 191 Å². The van der Waals surface area contributed by atoms with E-state index in [4.69, 9.17) is 18.9 Å². The van der Waals surface area contributed by atoms with Crippen LogP contribution < -0.4 is 14.8 Å². The van der Waals surface area contributed by atoms with E-state index < -0.39 is 28.0 Å². The lowest BCUT2D eigenvalue weighted by atomic mass is 10.2. The molecule has 0 aliphatic carbocycles. The smallest absolute Gasteiger partial charge is 0.338 e. The molecule has 1 fully saturated rings. The second-order valence-electron chi connectivity index (χ2n) is 7.49. The highest BCUT2D eigenvalue weighted by Crippen LogP contribution is 2.32. The summed E-state index contributed by atoms with van der Waals surface area (Å²) in [6.07, 6.45) is -1.04. The van der Waals surface area contributed by atoms with Gasteiger partial charge in [-0.15, -0.1) is 0 Å². The summed E-state index contributed by atoms with van der Waals surface area (Å²) in [7, 11) is -3.66. The summed E-state index contributed by atoms with van der Waals surface area (Å²) in [5.74, 6) is 0.0695. The molecule has 0 saturated carbocycles. The molecule has 2 aliphatic heterocycles. The second-order valence-corrected chi connectivity index (χ2v) is 9.43. The highest BCUT2D eigenvalue weighted by atomic mass is 32.2. The van der Waals surface area contributed by atoms with E-state index in [1.54, 1.807) is 18.2 Å². The summed E-state index contributed by atoms with van der Waals surface area (Å²) >= 11 is 0. The largest absolute Gasteiger partial charge is 0.454 e. The van der Waals surface area contributed by atoms with Gasteiger partial charge in [0.2, 0.25) is 16.8 Å². The van der Waals surface area contributed by atoms with Crippen LogP contribution in [0.15, 0.2) is 47.4 Å². The van der Waals surface area contributed by atoms with Gasteiger partial charge in [0, 0.05) is 19.6 Å². The fourth-order valence-electron chi connectivity index (χ4n) is 3.36. The number of rotatable bonds is 7. The average molecular weight is 477 g/mol. The van der Waals surface area contributed by atoms with Gasteiger partial charge in [-0.1, -0.05) is 6.07 Å². The highest BCUT2D eigenvalue weighted by Gasteiger charge is 2.27. The van der Waals surface area contributed by atoms with Gasteiger partial charge in [-0.3, -0.25) is 4.79 Å². The predicted octanol–water partition coefficient (Wildman–Crippen LogP) is 1.30. The first-order valence-electron chi connectivity index (χ1n) is 10.4. The van der Waals surface area contributed by atoms with E-state index >= 15 is 0 Å². The molecule has 0 aromatic heterocycles. The molecule has 11 heteroatoms. The standard InChI is InChI=1S/C22H24N2O8S/c1-15(21(25)23-13-16-2-7-19-20(12-16)31-14-30-19)32-22(26)17-3-5-18(6-4-17)33(27,28)24-8-10-29-11-9-24/h2-7,12,15H,8-11,13-14H2,1H3,(H,23,25). The maximum Gasteiger partial charge on any atom is 0.338 e. The molecule has 2 aromatic rings. The predicted molar refractivity (Wildman–Crippen MR) is 115 cm³/mol. The lowest BCUT2D eigenvalue weighted by Gasteiger charge is -2.26. The van der Waals surface area contributed by atoms with Crippen molar-refractivity contribution in [1.82, 2.24) is 9.62 Å². The molecule has 33 heavy (non-hydrogen) atoms. The number of esters is 1. The van der Waals surface area contributed by atoms with Gasteiger partial charge in [-0.25, -0.2) is 13.2 Å². The van der Waals surface area contributed by atoms with E-state index in [2.05, 4.69) is 5.32 Å². The van der Waals surface area contributed by atoms with Crippen molar-refractivity contribution in [2.24, 2.45) is 0 Å². The first-order chi connectivity index (χ1) is 15.8. The third-order valence-electron chi connectivity index (χ3n) is 5.25. The Kier molecular flexibility index (Phi) is 6.82. The van der Waals surface area contributed by atoms with Crippen molar-refractivity contribution in [2.75, 3.05) is 33.1 Å². The van der Waals surface area contributed by atoms with E-state index in [-0.39, 0.29) is 36.9 Å². The number of carbonyl (C=O) groups is 2. The Morgan fingerprint density at radius 1 is 1.06 bits per heavy atom. The second kappa shape index (κ2) is 9.77. The van der Waals surface area contributed by atoms with Crippen LogP contribution in [0.4, 0.5) is 0 Å². The summed E-state index contributed by atoms with van der Waals surface area (Å²) in [6.45, 7) is 3.11. The maximum absolute atomic E-state index is 12.7. The Morgan fingerprint density at radius 2 is 1.76 bits per heavy atom. The zero-order valence-corrected chi connectivity index (χ0v) is 18.8. The summed E-state index contributed by atoms with van der Waals surface area (Å²) in [5, 5.41) is 2.70. The molecule has 0 radical (unpaired) electrons. The number of nitrogens with one attached hydrogen (secondary N) is 1. The Hall–Kier alpha value is -3.15. The Morgan fingerprint density at radius 3 is 2.48 bits per heavy atom. The van der Waals surface area contributed by atoms with Gasteiger partial charge in [0.15, 0.2) is 17.6 Å². The molecule has 0 bridgehead atoms. The fraction of sp³-hybridized carbons (Fsp3) is 0.364. The minimum Gasteiger partial charge on any atom is -0.454 e. The molecule has 1 amide bonds. The van der Waals surface area contributed by atoms with Crippen molar-refractivity contribution in [3.8, 4) is 11.5 Å². The van der Waals surface area contributed by atoms with Crippen molar-refractivity contribution >= 4 is 21.9 Å². The van der Waals surface area contributed by atoms with Crippen LogP contribution in [0.25, 0.3) is 0 Å². The summed E-state index contributed by atoms with van der Waals surface area (Å²) in [5.41, 5.74) is 0.953. The molecule has 176 valence electrons. The number of sulfonamides is 1. The molecule has 1 atom stereocenters. The Bertz CT molecular complexity index is 1130. The van der Waals surface area contributed by atoms with Crippen molar-refractivity contribution < 1.29 is 37.0 Å². The van der Waals surface area contributed by atoms with E-state index in [0.29, 0.717) is 24.7 Å². The van der Waals surface area contributed by atoms with E-state index in [0.717, 1.165) is 5.56 Å². The number of nitrogens with zero attached hydrogens (tertiary/aromatic N) is 1. The minimum absolute atomic E-state index is 0.0791. The van der Waals surface area contributed by atoms with Gasteiger partial charge in [0.1, 0.15) is 0 Å². The monoisotopic (exact) mass is 476 g/mol. The van der Waals surface area contributed by atoms with Crippen molar-refractivity contribution in [3.63, 3.8) is 0 Å². The summed E-state index contributed by atoms with van der Waals surface area (Å²) in [6, 6.07) is 10.8. The number of hydrogen-bond donors (Lipinski definition) is 1. The first kappa shape index (κ1) is 23.0. The molecule has 2 aliphatic rings. The summed E-state index contributed by atoms with van der Waals surface area (Å²) < 4.78 is 47.7. The highest BCUT2D eigenvalue weighted by molar-refractivity contribution is 7.89. The van der Waals surface area contributed by atoms with Crippen LogP contribution in [0.1, 0.15) is 22.8 Å². The van der Waals surface area contributed by atoms with Gasteiger partial charge >= 0.3 is 5.97 Å². The van der Waals surface area contributed by atoms with Crippen LogP contribution in [0, 0.1) is 0 Å². The minimum atomic E-state index is -3.66. The fourth-order valence-corrected chi connectivity index (χ4v) is 4.77. The number of fused-ring (bicyclic) bond motifs is 1. The Balaban J connectivity index is 1.31. The SMILES string of the molecule is CC(OC(=O)c1ccc(S(=O)(=O)N2CCOCC2)cc1)C(=O)NCc1ccc2c(c1)OCO2. The number of carbonyl (C=O) groups excluding carboxylic acids is 2.